The molecule has 0 aromatic heterocycles. The van der Waals surface area contributed by atoms with Crippen LogP contribution in [-0.4, -0.2) is 13.1 Å². The molecule has 2 rings (SSSR count). The van der Waals surface area contributed by atoms with Crippen molar-refractivity contribution in [2.24, 2.45) is 0 Å². The number of benzene rings is 2. The molecule has 0 radical (unpaired) electrons. The Morgan fingerprint density at radius 3 is 1.93 bits per heavy atom. The van der Waals surface area contributed by atoms with Gasteiger partial charge in [0, 0.05) is 24.4 Å². The van der Waals surface area contributed by atoms with Gasteiger partial charge in [-0.3, -0.25) is 0 Å². The highest BCUT2D eigenvalue weighted by Crippen LogP contribution is 2.28. The van der Waals surface area contributed by atoms with Crippen molar-refractivity contribution in [2.75, 3.05) is 18.0 Å². The molecule has 0 aliphatic heterocycles. The summed E-state index contributed by atoms with van der Waals surface area (Å²) in [5.74, 6) is 0. The zero-order chi connectivity index (χ0) is 19.6. The number of allylic oxidation sites excluding steroid dienone is 3. The zero-order valence-corrected chi connectivity index (χ0v) is 15.5. The van der Waals surface area contributed by atoms with Crippen LogP contribution in [0, 0.1) is 34.0 Å². The fourth-order valence-corrected chi connectivity index (χ4v) is 2.87. The highest BCUT2D eigenvalue weighted by molar-refractivity contribution is 5.93. The first-order valence-electron chi connectivity index (χ1n) is 8.75. The van der Waals surface area contributed by atoms with Crippen molar-refractivity contribution in [2.45, 2.75) is 13.8 Å². The topological polar surface area (TPSA) is 74.6 Å². The maximum absolute atomic E-state index is 9.70. The number of anilines is 1. The van der Waals surface area contributed by atoms with Crippen LogP contribution in [0.4, 0.5) is 5.69 Å². The van der Waals surface area contributed by atoms with Crippen LogP contribution in [0.2, 0.25) is 0 Å². The van der Waals surface area contributed by atoms with E-state index >= 15 is 0 Å². The number of nitrogens with zero attached hydrogens (tertiary/aromatic N) is 4. The van der Waals surface area contributed by atoms with Crippen molar-refractivity contribution in [3.63, 3.8) is 0 Å². The molecule has 0 saturated carbocycles. The van der Waals surface area contributed by atoms with Crippen LogP contribution in [0.1, 0.15) is 25.0 Å². The Hall–Kier alpha value is -3.81. The molecule has 2 aromatic carbocycles. The van der Waals surface area contributed by atoms with Crippen molar-refractivity contribution in [3.8, 4) is 18.2 Å². The number of hydrogen-bond donors (Lipinski definition) is 0. The summed E-state index contributed by atoms with van der Waals surface area (Å²) >= 11 is 0. The van der Waals surface area contributed by atoms with Crippen LogP contribution >= 0.6 is 0 Å². The van der Waals surface area contributed by atoms with Gasteiger partial charge in [-0.15, -0.1) is 0 Å². The van der Waals surface area contributed by atoms with Gasteiger partial charge in [0.1, 0.15) is 17.7 Å². The molecule has 0 N–H and O–H groups in total. The van der Waals surface area contributed by atoms with Gasteiger partial charge in [0.05, 0.1) is 11.6 Å². The quantitative estimate of drug-likeness (QED) is 0.545. The summed E-state index contributed by atoms with van der Waals surface area (Å²) in [6.07, 6.45) is 1.71. The molecule has 132 valence electrons. The summed E-state index contributed by atoms with van der Waals surface area (Å²) < 4.78 is 0. The van der Waals surface area contributed by atoms with Gasteiger partial charge in [0.25, 0.3) is 0 Å². The molecule has 4 nitrogen and oxygen atoms in total. The summed E-state index contributed by atoms with van der Waals surface area (Å²) in [5, 5.41) is 28.4. The fourth-order valence-electron chi connectivity index (χ4n) is 2.87. The lowest BCUT2D eigenvalue weighted by Gasteiger charge is -2.20. The van der Waals surface area contributed by atoms with Crippen LogP contribution in [0.3, 0.4) is 0 Å². The van der Waals surface area contributed by atoms with Gasteiger partial charge >= 0.3 is 0 Å². The minimum atomic E-state index is -0.0752. The van der Waals surface area contributed by atoms with Crippen molar-refractivity contribution in [1.82, 2.24) is 0 Å². The van der Waals surface area contributed by atoms with E-state index in [2.05, 4.69) is 24.8 Å². The fraction of sp³-hybridized carbons (Fsp3) is 0.174. The molecule has 27 heavy (non-hydrogen) atoms. The highest BCUT2D eigenvalue weighted by atomic mass is 15.1. The minimum Gasteiger partial charge on any atom is -0.372 e. The molecule has 0 atom stereocenters. The average molecular weight is 352 g/mol. The first-order chi connectivity index (χ1) is 13.2. The van der Waals surface area contributed by atoms with E-state index in [9.17, 15) is 15.8 Å². The lowest BCUT2D eigenvalue weighted by Crippen LogP contribution is -2.21. The predicted octanol–water partition coefficient (Wildman–Crippen LogP) is 4.94. The molecule has 0 bridgehead atoms. The molecule has 0 fully saturated rings. The highest BCUT2D eigenvalue weighted by Gasteiger charge is 2.14. The molecule has 2 aromatic rings. The SMILES string of the molecule is CCN(CC)c1ccc(/C=C(\C#N)C(=C(C#N)C#N)c2ccccc2)cc1. The predicted molar refractivity (Wildman–Crippen MR) is 108 cm³/mol. The van der Waals surface area contributed by atoms with E-state index in [1.807, 2.05) is 54.6 Å². The molecular weight excluding hydrogens is 332 g/mol. The van der Waals surface area contributed by atoms with Crippen molar-refractivity contribution in [1.29, 1.82) is 15.8 Å². The van der Waals surface area contributed by atoms with Crippen LogP contribution < -0.4 is 4.90 Å². The Balaban J connectivity index is 2.53. The van der Waals surface area contributed by atoms with Crippen molar-refractivity contribution >= 4 is 17.3 Å². The third-order valence-corrected chi connectivity index (χ3v) is 4.26. The second-order valence-electron chi connectivity index (χ2n) is 5.77. The van der Waals surface area contributed by atoms with Crippen LogP contribution in [0.5, 0.6) is 0 Å². The molecule has 0 aliphatic rings. The summed E-state index contributed by atoms with van der Waals surface area (Å²) in [6.45, 7) is 6.05. The van der Waals surface area contributed by atoms with Gasteiger partial charge in [-0.05, 0) is 43.2 Å². The molecule has 4 heteroatoms. The Labute approximate surface area is 160 Å². The Morgan fingerprint density at radius 1 is 0.852 bits per heavy atom. The van der Waals surface area contributed by atoms with E-state index in [1.165, 1.54) is 0 Å². The number of nitriles is 3. The Bertz CT molecular complexity index is 942. The van der Waals surface area contributed by atoms with Gasteiger partial charge in [-0.2, -0.15) is 15.8 Å². The lowest BCUT2D eigenvalue weighted by molar-refractivity contribution is 0.866. The average Bonchev–Trinajstić information content (AvgIpc) is 2.73. The van der Waals surface area contributed by atoms with Crippen LogP contribution in [-0.2, 0) is 0 Å². The van der Waals surface area contributed by atoms with Gasteiger partial charge in [-0.1, -0.05) is 42.5 Å². The Kier molecular flexibility index (Phi) is 6.95. The van der Waals surface area contributed by atoms with Crippen molar-refractivity contribution < 1.29 is 0 Å². The molecule has 0 spiro atoms. The second-order valence-corrected chi connectivity index (χ2v) is 5.77. The summed E-state index contributed by atoms with van der Waals surface area (Å²) in [4.78, 5) is 2.23. The smallest absolute Gasteiger partial charge is 0.138 e. The van der Waals surface area contributed by atoms with E-state index in [1.54, 1.807) is 18.2 Å². The van der Waals surface area contributed by atoms with Gasteiger partial charge in [-0.25, -0.2) is 0 Å². The maximum atomic E-state index is 9.70. The number of hydrogen-bond acceptors (Lipinski definition) is 4. The summed E-state index contributed by atoms with van der Waals surface area (Å²) in [6, 6.07) is 22.9. The molecule has 0 heterocycles. The van der Waals surface area contributed by atoms with E-state index in [0.29, 0.717) is 11.1 Å². The third kappa shape index (κ3) is 4.63. The van der Waals surface area contributed by atoms with Crippen LogP contribution in [0.25, 0.3) is 11.6 Å². The lowest BCUT2D eigenvalue weighted by atomic mass is 9.93. The first kappa shape index (κ1) is 19.5. The van der Waals surface area contributed by atoms with E-state index in [-0.39, 0.29) is 11.1 Å². The Morgan fingerprint density at radius 2 is 1.44 bits per heavy atom. The third-order valence-electron chi connectivity index (χ3n) is 4.26. The van der Waals surface area contributed by atoms with E-state index < -0.39 is 0 Å². The minimum absolute atomic E-state index is 0.0752. The standard InChI is InChI=1S/C23H20N4/c1-3-27(4-2)22-12-10-18(11-13-22)14-20(15-24)23(21(16-25)17-26)19-8-6-5-7-9-19/h5-14H,3-4H2,1-2H3/b20-14+. The maximum Gasteiger partial charge on any atom is 0.138 e. The monoisotopic (exact) mass is 352 g/mol. The van der Waals surface area contributed by atoms with E-state index in [0.717, 1.165) is 24.3 Å². The summed E-state index contributed by atoms with van der Waals surface area (Å²) in [5.41, 5.74) is 3.19. The largest absolute Gasteiger partial charge is 0.372 e. The second kappa shape index (κ2) is 9.62. The number of rotatable bonds is 6. The van der Waals surface area contributed by atoms with Gasteiger partial charge in [0.15, 0.2) is 0 Å². The zero-order valence-electron chi connectivity index (χ0n) is 15.5. The molecule has 0 saturated heterocycles. The summed E-state index contributed by atoms with van der Waals surface area (Å²) in [7, 11) is 0. The normalized spacial score (nSPS) is 10.3. The molecular formula is C23H20N4. The molecule has 0 unspecified atom stereocenters. The van der Waals surface area contributed by atoms with Crippen molar-refractivity contribution in [3.05, 3.63) is 76.9 Å². The van der Waals surface area contributed by atoms with Gasteiger partial charge in [0.2, 0.25) is 0 Å². The van der Waals surface area contributed by atoms with Crippen LogP contribution in [0.15, 0.2) is 65.7 Å². The molecule has 0 amide bonds. The first-order valence-corrected chi connectivity index (χ1v) is 8.75. The van der Waals surface area contributed by atoms with Gasteiger partial charge < -0.3 is 4.90 Å². The van der Waals surface area contributed by atoms with E-state index in [4.69, 9.17) is 0 Å². The molecule has 0 aliphatic carbocycles.